The number of nitrogens with one attached hydrogen (secondary N) is 1. The minimum atomic E-state index is -0.655. The lowest BCUT2D eigenvalue weighted by molar-refractivity contribution is -0.134. The Hall–Kier alpha value is -1.01. The number of primary amides is 1. The molecule has 6 nitrogen and oxygen atoms in total. The van der Waals surface area contributed by atoms with E-state index >= 15 is 0 Å². The first-order valence-electron chi connectivity index (χ1n) is 6.15. The summed E-state index contributed by atoms with van der Waals surface area (Å²) in [5.74, 6) is -0.0687. The Morgan fingerprint density at radius 3 is 2.67 bits per heavy atom. The van der Waals surface area contributed by atoms with Crippen molar-refractivity contribution in [2.45, 2.75) is 44.7 Å². The van der Waals surface area contributed by atoms with Gasteiger partial charge in [0.1, 0.15) is 6.04 Å². The van der Waals surface area contributed by atoms with Gasteiger partial charge in [-0.3, -0.25) is 4.79 Å². The minimum absolute atomic E-state index is 0. The number of likely N-dealkylation sites (tertiary alicyclic amines) is 1. The summed E-state index contributed by atoms with van der Waals surface area (Å²) in [5, 5.41) is 2.50. The first-order valence-corrected chi connectivity index (χ1v) is 6.15. The van der Waals surface area contributed by atoms with Crippen LogP contribution >= 0.6 is 12.4 Å². The normalized spacial score (nSPS) is 20.8. The average molecular weight is 279 g/mol. The van der Waals surface area contributed by atoms with E-state index in [0.717, 1.165) is 19.3 Å². The van der Waals surface area contributed by atoms with Crippen LogP contribution < -0.4 is 16.8 Å². The van der Waals surface area contributed by atoms with Crippen LogP contribution in [-0.4, -0.2) is 42.0 Å². The molecular weight excluding hydrogens is 256 g/mol. The molecule has 7 heteroatoms. The lowest BCUT2D eigenvalue weighted by atomic mass is 10.0. The van der Waals surface area contributed by atoms with Gasteiger partial charge in [0.15, 0.2) is 0 Å². The van der Waals surface area contributed by atoms with Crippen molar-refractivity contribution < 1.29 is 9.59 Å². The second-order valence-corrected chi connectivity index (χ2v) is 4.54. The summed E-state index contributed by atoms with van der Waals surface area (Å²) in [5.41, 5.74) is 10.9. The molecule has 106 valence electrons. The number of amides is 3. The molecule has 0 radical (unpaired) electrons. The third-order valence-corrected chi connectivity index (χ3v) is 2.96. The highest BCUT2D eigenvalue weighted by molar-refractivity contribution is 5.86. The van der Waals surface area contributed by atoms with Crippen LogP contribution in [0.15, 0.2) is 0 Å². The van der Waals surface area contributed by atoms with E-state index in [9.17, 15) is 9.59 Å². The summed E-state index contributed by atoms with van der Waals surface area (Å²) in [4.78, 5) is 24.7. The third kappa shape index (κ3) is 5.10. The molecule has 2 atom stereocenters. The Morgan fingerprint density at radius 1 is 1.50 bits per heavy atom. The summed E-state index contributed by atoms with van der Waals surface area (Å²) >= 11 is 0. The molecule has 1 fully saturated rings. The predicted octanol–water partition coefficient (Wildman–Crippen LogP) is 0.195. The maximum absolute atomic E-state index is 12.2. The first-order chi connectivity index (χ1) is 8.04. The van der Waals surface area contributed by atoms with Gasteiger partial charge in [-0.2, -0.15) is 0 Å². The van der Waals surface area contributed by atoms with E-state index in [0.29, 0.717) is 19.5 Å². The second kappa shape index (κ2) is 8.16. The third-order valence-electron chi connectivity index (χ3n) is 2.96. The highest BCUT2D eigenvalue weighted by Gasteiger charge is 2.27. The molecule has 1 aliphatic rings. The van der Waals surface area contributed by atoms with Crippen LogP contribution in [0.2, 0.25) is 0 Å². The zero-order valence-corrected chi connectivity index (χ0v) is 11.5. The van der Waals surface area contributed by atoms with Crippen molar-refractivity contribution in [2.24, 2.45) is 11.5 Å². The standard InChI is InChI=1S/C11H22N4O2.ClH/c1-2-4-9(14-11(13)17)10(16)15-6-3-5-8(12)7-15;/h8-9H,2-7,12H2,1H3,(H3,13,14,17);1H/t8?,9-;/m1./s1. The predicted molar refractivity (Wildman–Crippen MR) is 72.5 cm³/mol. The largest absolute Gasteiger partial charge is 0.352 e. The molecule has 1 rings (SSSR count). The summed E-state index contributed by atoms with van der Waals surface area (Å²) < 4.78 is 0. The van der Waals surface area contributed by atoms with Crippen LogP contribution in [0.25, 0.3) is 0 Å². The number of hydrogen-bond donors (Lipinski definition) is 3. The molecule has 1 aliphatic heterocycles. The summed E-state index contributed by atoms with van der Waals surface area (Å²) in [6.07, 6.45) is 3.29. The van der Waals surface area contributed by atoms with E-state index < -0.39 is 12.1 Å². The van der Waals surface area contributed by atoms with E-state index in [2.05, 4.69) is 5.32 Å². The quantitative estimate of drug-likeness (QED) is 0.684. The smallest absolute Gasteiger partial charge is 0.312 e. The number of rotatable bonds is 4. The number of piperidine rings is 1. The molecule has 1 saturated heterocycles. The van der Waals surface area contributed by atoms with E-state index in [-0.39, 0.29) is 24.4 Å². The van der Waals surface area contributed by atoms with Crippen molar-refractivity contribution in [3.63, 3.8) is 0 Å². The van der Waals surface area contributed by atoms with Crippen LogP contribution in [0.5, 0.6) is 0 Å². The maximum atomic E-state index is 12.2. The zero-order chi connectivity index (χ0) is 12.8. The van der Waals surface area contributed by atoms with Gasteiger partial charge >= 0.3 is 6.03 Å². The minimum Gasteiger partial charge on any atom is -0.352 e. The molecule has 0 aromatic heterocycles. The Morgan fingerprint density at radius 2 is 2.17 bits per heavy atom. The number of carbonyl (C=O) groups is 2. The van der Waals surface area contributed by atoms with Crippen molar-refractivity contribution in [2.75, 3.05) is 13.1 Å². The molecule has 0 saturated carbocycles. The number of nitrogens with two attached hydrogens (primary N) is 2. The fourth-order valence-electron chi connectivity index (χ4n) is 2.15. The highest BCUT2D eigenvalue weighted by Crippen LogP contribution is 2.11. The number of halogens is 1. The highest BCUT2D eigenvalue weighted by atomic mass is 35.5. The topological polar surface area (TPSA) is 101 Å². The number of urea groups is 1. The van der Waals surface area contributed by atoms with Crippen molar-refractivity contribution in [3.05, 3.63) is 0 Å². The van der Waals surface area contributed by atoms with Gasteiger partial charge in [0.05, 0.1) is 0 Å². The van der Waals surface area contributed by atoms with Gasteiger partial charge in [0.2, 0.25) is 5.91 Å². The lowest BCUT2D eigenvalue weighted by Gasteiger charge is -2.33. The zero-order valence-electron chi connectivity index (χ0n) is 10.7. The number of hydrogen-bond acceptors (Lipinski definition) is 3. The van der Waals surface area contributed by atoms with Crippen molar-refractivity contribution in [3.8, 4) is 0 Å². The Kier molecular flexibility index (Phi) is 7.70. The van der Waals surface area contributed by atoms with Crippen LogP contribution in [-0.2, 0) is 4.79 Å². The van der Waals surface area contributed by atoms with E-state index in [1.165, 1.54) is 0 Å². The summed E-state index contributed by atoms with van der Waals surface area (Å²) in [6.45, 7) is 3.25. The fourth-order valence-corrected chi connectivity index (χ4v) is 2.15. The molecule has 3 amide bonds. The Labute approximate surface area is 114 Å². The van der Waals surface area contributed by atoms with Gasteiger partial charge in [-0.15, -0.1) is 12.4 Å². The number of carbonyl (C=O) groups excluding carboxylic acids is 2. The van der Waals surface area contributed by atoms with Crippen LogP contribution in [0.3, 0.4) is 0 Å². The van der Waals surface area contributed by atoms with Gasteiger partial charge in [-0.1, -0.05) is 13.3 Å². The Balaban J connectivity index is 0.00000289. The fraction of sp³-hybridized carbons (Fsp3) is 0.818. The van der Waals surface area contributed by atoms with E-state index in [1.807, 2.05) is 6.92 Å². The molecule has 0 aromatic rings. The van der Waals surface area contributed by atoms with Crippen LogP contribution in [0, 0.1) is 0 Å². The molecule has 0 aliphatic carbocycles. The van der Waals surface area contributed by atoms with Gasteiger partial charge < -0.3 is 21.7 Å². The molecule has 0 spiro atoms. The molecule has 0 bridgehead atoms. The van der Waals surface area contributed by atoms with Crippen LogP contribution in [0.1, 0.15) is 32.6 Å². The lowest BCUT2D eigenvalue weighted by Crippen LogP contribution is -2.54. The van der Waals surface area contributed by atoms with Gasteiger partial charge in [0, 0.05) is 19.1 Å². The second-order valence-electron chi connectivity index (χ2n) is 4.54. The SMILES string of the molecule is CCC[C@@H](NC(N)=O)C(=O)N1CCCC(N)C1.Cl. The Bertz CT molecular complexity index is 288. The molecule has 0 aromatic carbocycles. The first kappa shape index (κ1) is 17.0. The maximum Gasteiger partial charge on any atom is 0.312 e. The van der Waals surface area contributed by atoms with Gasteiger partial charge in [0.25, 0.3) is 0 Å². The number of nitrogens with zero attached hydrogens (tertiary/aromatic N) is 1. The molecule has 1 unspecified atom stereocenters. The van der Waals surface area contributed by atoms with Gasteiger partial charge in [-0.05, 0) is 19.3 Å². The van der Waals surface area contributed by atoms with Crippen LogP contribution in [0.4, 0.5) is 4.79 Å². The molecule has 1 heterocycles. The molecule has 18 heavy (non-hydrogen) atoms. The van der Waals surface area contributed by atoms with E-state index in [1.54, 1.807) is 4.90 Å². The van der Waals surface area contributed by atoms with Crippen molar-refractivity contribution in [1.82, 2.24) is 10.2 Å². The van der Waals surface area contributed by atoms with E-state index in [4.69, 9.17) is 11.5 Å². The summed E-state index contributed by atoms with van der Waals surface area (Å²) in [7, 11) is 0. The molecule has 5 N–H and O–H groups in total. The monoisotopic (exact) mass is 278 g/mol. The van der Waals surface area contributed by atoms with Gasteiger partial charge in [-0.25, -0.2) is 4.79 Å². The molecular formula is C11H23ClN4O2. The summed E-state index contributed by atoms with van der Waals surface area (Å²) in [6, 6.07) is -1.12. The van der Waals surface area contributed by atoms with Crippen molar-refractivity contribution in [1.29, 1.82) is 0 Å². The van der Waals surface area contributed by atoms with Crippen molar-refractivity contribution >= 4 is 24.3 Å². The average Bonchev–Trinajstić information content (AvgIpc) is 2.27.